The first-order valence-corrected chi connectivity index (χ1v) is 8.27. The molecule has 1 fully saturated rings. The maximum atomic E-state index is 14.5. The van der Waals surface area contributed by atoms with Crippen LogP contribution in [0.25, 0.3) is 10.8 Å². The first-order chi connectivity index (χ1) is 11.5. The lowest BCUT2D eigenvalue weighted by Crippen LogP contribution is -2.14. The Kier molecular flexibility index (Phi) is 4.78. The molecule has 2 aromatic carbocycles. The van der Waals surface area contributed by atoms with Crippen LogP contribution >= 0.6 is 0 Å². The summed E-state index contributed by atoms with van der Waals surface area (Å²) >= 11 is 0. The number of ketones is 1. The van der Waals surface area contributed by atoms with E-state index in [9.17, 15) is 18.0 Å². The van der Waals surface area contributed by atoms with Gasteiger partial charge in [0, 0.05) is 12.8 Å². The Morgan fingerprint density at radius 1 is 1.08 bits per heavy atom. The summed E-state index contributed by atoms with van der Waals surface area (Å²) in [4.78, 5) is 11.3. The Bertz CT molecular complexity index is 776. The molecular formula is C19H19F3O2. The molecule has 0 unspecified atom stereocenters. The molecule has 0 bridgehead atoms. The van der Waals surface area contributed by atoms with Gasteiger partial charge in [-0.2, -0.15) is 0 Å². The molecule has 1 aliphatic rings. The Morgan fingerprint density at radius 3 is 2.46 bits per heavy atom. The summed E-state index contributed by atoms with van der Waals surface area (Å²) in [5.74, 6) is -3.20. The summed E-state index contributed by atoms with van der Waals surface area (Å²) < 4.78 is 48.8. The number of fused-ring (bicyclic) bond motifs is 1. The molecule has 0 amide bonds. The lowest BCUT2D eigenvalue weighted by Gasteiger charge is -2.22. The Morgan fingerprint density at radius 2 is 1.79 bits per heavy atom. The van der Waals surface area contributed by atoms with Crippen molar-refractivity contribution in [1.29, 1.82) is 0 Å². The van der Waals surface area contributed by atoms with Gasteiger partial charge in [0.1, 0.15) is 5.78 Å². The van der Waals surface area contributed by atoms with Crippen molar-refractivity contribution < 1.29 is 22.7 Å². The highest BCUT2D eigenvalue weighted by atomic mass is 19.2. The zero-order valence-electron chi connectivity index (χ0n) is 13.5. The number of rotatable bonds is 4. The van der Waals surface area contributed by atoms with Crippen LogP contribution in [0.3, 0.4) is 0 Å². The monoisotopic (exact) mass is 336 g/mol. The minimum absolute atomic E-state index is 0.0707. The highest BCUT2D eigenvalue weighted by molar-refractivity contribution is 5.86. The number of carbonyl (C=O) groups excluding carboxylic acids is 1. The maximum absolute atomic E-state index is 14.5. The molecule has 2 aromatic rings. The van der Waals surface area contributed by atoms with Gasteiger partial charge in [0.25, 0.3) is 0 Å². The summed E-state index contributed by atoms with van der Waals surface area (Å²) in [6, 6.07) is 4.49. The summed E-state index contributed by atoms with van der Waals surface area (Å²) in [6.45, 7) is 2.18. The number of benzene rings is 2. The standard InChI is InChI=1S/C19H19F3O2/c1-2-9-24-15-8-5-12-10-14(11-3-6-13(23)7-4-11)17(20)19(22)16(12)18(15)21/h5,8,10-11H,2-4,6-7,9H2,1H3. The van der Waals surface area contributed by atoms with E-state index in [4.69, 9.17) is 4.74 Å². The molecule has 128 valence electrons. The van der Waals surface area contributed by atoms with Gasteiger partial charge in [-0.25, -0.2) is 13.2 Å². The molecule has 2 nitrogen and oxygen atoms in total. The molecule has 0 saturated heterocycles. The molecule has 1 aliphatic carbocycles. The number of halogens is 3. The van der Waals surface area contributed by atoms with Gasteiger partial charge in [0.15, 0.2) is 23.2 Å². The molecule has 0 radical (unpaired) electrons. The van der Waals surface area contributed by atoms with Crippen molar-refractivity contribution in [2.75, 3.05) is 6.61 Å². The fraction of sp³-hybridized carbons (Fsp3) is 0.421. The van der Waals surface area contributed by atoms with Crippen molar-refractivity contribution in [3.8, 4) is 5.75 Å². The number of Topliss-reactive ketones (excluding diaryl/α,β-unsaturated/α-hetero) is 1. The van der Waals surface area contributed by atoms with Gasteiger partial charge in [-0.15, -0.1) is 0 Å². The average Bonchev–Trinajstić information content (AvgIpc) is 2.58. The van der Waals surface area contributed by atoms with Gasteiger partial charge < -0.3 is 4.74 Å². The smallest absolute Gasteiger partial charge is 0.175 e. The Balaban J connectivity index is 2.05. The van der Waals surface area contributed by atoms with E-state index in [0.717, 1.165) is 0 Å². The highest BCUT2D eigenvalue weighted by Gasteiger charge is 2.26. The molecular weight excluding hydrogens is 317 g/mol. The van der Waals surface area contributed by atoms with E-state index in [1.54, 1.807) is 6.07 Å². The Labute approximate surface area is 138 Å². The second-order valence-corrected chi connectivity index (χ2v) is 6.23. The third-order valence-electron chi connectivity index (χ3n) is 4.56. The second kappa shape index (κ2) is 6.83. The summed E-state index contributed by atoms with van der Waals surface area (Å²) in [5, 5.41) is -0.0705. The third-order valence-corrected chi connectivity index (χ3v) is 4.56. The van der Waals surface area contributed by atoms with Crippen LogP contribution in [0.1, 0.15) is 50.5 Å². The first-order valence-electron chi connectivity index (χ1n) is 8.27. The minimum atomic E-state index is -1.18. The van der Waals surface area contributed by atoms with Crippen LogP contribution in [0.15, 0.2) is 18.2 Å². The quantitative estimate of drug-likeness (QED) is 0.760. The van der Waals surface area contributed by atoms with Crippen molar-refractivity contribution in [3.05, 3.63) is 41.2 Å². The lowest BCUT2D eigenvalue weighted by molar-refractivity contribution is -0.120. The first kappa shape index (κ1) is 16.8. The van der Waals surface area contributed by atoms with Gasteiger partial charge in [-0.1, -0.05) is 13.0 Å². The van der Waals surface area contributed by atoms with Crippen molar-refractivity contribution >= 4 is 16.6 Å². The molecule has 0 spiro atoms. The number of carbonyl (C=O) groups is 1. The number of hydrogen-bond acceptors (Lipinski definition) is 2. The number of ether oxygens (including phenoxy) is 1. The van der Waals surface area contributed by atoms with Crippen LogP contribution in [0.4, 0.5) is 13.2 Å². The van der Waals surface area contributed by atoms with Crippen LogP contribution in [0.2, 0.25) is 0 Å². The molecule has 0 aromatic heterocycles. The van der Waals surface area contributed by atoms with Crippen LogP contribution in [-0.4, -0.2) is 12.4 Å². The summed E-state index contributed by atoms with van der Waals surface area (Å²) in [5.41, 5.74) is 0.231. The maximum Gasteiger partial charge on any atom is 0.175 e. The molecule has 0 N–H and O–H groups in total. The van der Waals surface area contributed by atoms with Gasteiger partial charge >= 0.3 is 0 Å². The molecule has 3 rings (SSSR count). The van der Waals surface area contributed by atoms with Crippen LogP contribution in [-0.2, 0) is 4.79 Å². The normalized spacial score (nSPS) is 15.9. The largest absolute Gasteiger partial charge is 0.491 e. The molecule has 0 heterocycles. The van der Waals surface area contributed by atoms with Gasteiger partial charge in [-0.3, -0.25) is 4.79 Å². The van der Waals surface area contributed by atoms with E-state index in [1.807, 2.05) is 6.92 Å². The fourth-order valence-electron chi connectivity index (χ4n) is 3.25. The van der Waals surface area contributed by atoms with E-state index < -0.39 is 17.5 Å². The topological polar surface area (TPSA) is 26.3 Å². The SMILES string of the molecule is CCCOc1ccc2cc(C3CCC(=O)CC3)c(F)c(F)c2c1F. The Hall–Kier alpha value is -2.04. The lowest BCUT2D eigenvalue weighted by atomic mass is 9.82. The molecule has 5 heteroatoms. The highest BCUT2D eigenvalue weighted by Crippen LogP contribution is 2.38. The molecule has 0 aliphatic heterocycles. The predicted molar refractivity (Wildman–Crippen MR) is 85.8 cm³/mol. The minimum Gasteiger partial charge on any atom is -0.491 e. The van der Waals surface area contributed by atoms with E-state index in [0.29, 0.717) is 44.1 Å². The van der Waals surface area contributed by atoms with Crippen LogP contribution in [0, 0.1) is 17.5 Å². The van der Waals surface area contributed by atoms with Crippen molar-refractivity contribution in [1.82, 2.24) is 0 Å². The van der Waals surface area contributed by atoms with Crippen molar-refractivity contribution in [3.63, 3.8) is 0 Å². The van der Waals surface area contributed by atoms with Gasteiger partial charge in [0.05, 0.1) is 12.0 Å². The predicted octanol–water partition coefficient (Wildman–Crippen LogP) is 5.27. The molecule has 24 heavy (non-hydrogen) atoms. The summed E-state index contributed by atoms with van der Waals surface area (Å²) in [6.07, 6.45) is 2.44. The zero-order valence-corrected chi connectivity index (χ0v) is 13.5. The zero-order chi connectivity index (χ0) is 17.3. The van der Waals surface area contributed by atoms with Crippen molar-refractivity contribution in [2.45, 2.75) is 44.9 Å². The number of hydrogen-bond donors (Lipinski definition) is 0. The van der Waals surface area contributed by atoms with Gasteiger partial charge in [-0.05, 0) is 48.3 Å². The second-order valence-electron chi connectivity index (χ2n) is 6.23. The van der Waals surface area contributed by atoms with E-state index in [-0.39, 0.29) is 28.4 Å². The van der Waals surface area contributed by atoms with Crippen molar-refractivity contribution in [2.24, 2.45) is 0 Å². The van der Waals surface area contributed by atoms with Gasteiger partial charge in [0.2, 0.25) is 0 Å². The third kappa shape index (κ3) is 2.99. The fourth-order valence-corrected chi connectivity index (χ4v) is 3.25. The summed E-state index contributed by atoms with van der Waals surface area (Å²) in [7, 11) is 0. The van der Waals surface area contributed by atoms with Crippen LogP contribution < -0.4 is 4.74 Å². The molecule has 0 atom stereocenters. The van der Waals surface area contributed by atoms with Crippen LogP contribution in [0.5, 0.6) is 5.75 Å². The van der Waals surface area contributed by atoms with E-state index in [2.05, 4.69) is 0 Å². The molecule has 1 saturated carbocycles. The van der Waals surface area contributed by atoms with E-state index >= 15 is 0 Å². The van der Waals surface area contributed by atoms with E-state index in [1.165, 1.54) is 12.1 Å². The average molecular weight is 336 g/mol.